The van der Waals surface area contributed by atoms with Gasteiger partial charge >= 0.3 is 0 Å². The lowest BCUT2D eigenvalue weighted by atomic mass is 10.2. The van der Waals surface area contributed by atoms with Gasteiger partial charge in [-0.3, -0.25) is 4.79 Å². The molecule has 2 rings (SSSR count). The van der Waals surface area contributed by atoms with Crippen LogP contribution in [0.1, 0.15) is 19.8 Å². The molecule has 17 heavy (non-hydrogen) atoms. The first-order valence-electron chi connectivity index (χ1n) is 5.85. The molecule has 1 atom stereocenters. The Hall–Kier alpha value is -1.68. The van der Waals surface area contributed by atoms with Crippen molar-refractivity contribution in [3.05, 3.63) is 40.8 Å². The van der Waals surface area contributed by atoms with Crippen LogP contribution in [0.25, 0.3) is 11.0 Å². The maximum absolute atomic E-state index is 11.8. The lowest BCUT2D eigenvalue weighted by Crippen LogP contribution is -2.26. The number of hydrogen-bond donors (Lipinski definition) is 1. The summed E-state index contributed by atoms with van der Waals surface area (Å²) >= 11 is 0. The van der Waals surface area contributed by atoms with Crippen LogP contribution in [0, 0.1) is 0 Å². The van der Waals surface area contributed by atoms with E-state index in [9.17, 15) is 9.90 Å². The van der Waals surface area contributed by atoms with Crippen LogP contribution < -0.4 is 5.56 Å². The van der Waals surface area contributed by atoms with Gasteiger partial charge < -0.3 is 9.67 Å². The third-order valence-corrected chi connectivity index (χ3v) is 2.77. The van der Waals surface area contributed by atoms with Gasteiger partial charge in [-0.15, -0.1) is 0 Å². The van der Waals surface area contributed by atoms with Crippen LogP contribution in [0.4, 0.5) is 0 Å². The number of fused-ring (bicyclic) bond motifs is 1. The maximum atomic E-state index is 11.8. The van der Waals surface area contributed by atoms with Crippen molar-refractivity contribution >= 4 is 11.0 Å². The average Bonchev–Trinajstić information content (AvgIpc) is 2.33. The topological polar surface area (TPSA) is 55.1 Å². The second-order valence-electron chi connectivity index (χ2n) is 4.14. The molecular formula is C13H16N2O2. The third-order valence-electron chi connectivity index (χ3n) is 2.77. The molecule has 0 radical (unpaired) electrons. The van der Waals surface area contributed by atoms with Crippen LogP contribution in [-0.2, 0) is 6.54 Å². The van der Waals surface area contributed by atoms with E-state index in [0.717, 1.165) is 17.5 Å². The highest BCUT2D eigenvalue weighted by molar-refractivity contribution is 5.74. The summed E-state index contributed by atoms with van der Waals surface area (Å²) in [5.41, 5.74) is 1.38. The molecule has 1 aromatic heterocycles. The fourth-order valence-corrected chi connectivity index (χ4v) is 1.94. The number of benzene rings is 1. The first-order chi connectivity index (χ1) is 8.22. The highest BCUT2D eigenvalue weighted by atomic mass is 16.3. The van der Waals surface area contributed by atoms with Crippen LogP contribution in [0.15, 0.2) is 35.3 Å². The standard InChI is InChI=1S/C13H16N2O2/c1-2-5-10(16)9-15-12-7-4-3-6-11(12)14-8-13(15)17/h3-4,6-8,10,16H,2,5,9H2,1H3. The molecule has 4 nitrogen and oxygen atoms in total. The zero-order valence-corrected chi connectivity index (χ0v) is 9.84. The summed E-state index contributed by atoms with van der Waals surface area (Å²) in [6, 6.07) is 7.46. The minimum Gasteiger partial charge on any atom is -0.391 e. The number of hydrogen-bond acceptors (Lipinski definition) is 3. The van der Waals surface area contributed by atoms with Crippen LogP contribution in [0.3, 0.4) is 0 Å². The first-order valence-corrected chi connectivity index (χ1v) is 5.85. The molecule has 0 amide bonds. The molecule has 4 heteroatoms. The van der Waals surface area contributed by atoms with E-state index < -0.39 is 6.10 Å². The molecule has 2 aromatic rings. The fraction of sp³-hybridized carbons (Fsp3) is 0.385. The number of nitrogens with zero attached hydrogens (tertiary/aromatic N) is 2. The summed E-state index contributed by atoms with van der Waals surface area (Å²) < 4.78 is 1.59. The van der Waals surface area contributed by atoms with E-state index in [2.05, 4.69) is 4.98 Å². The summed E-state index contributed by atoms with van der Waals surface area (Å²) in [7, 11) is 0. The van der Waals surface area contributed by atoms with Gasteiger partial charge in [0.25, 0.3) is 5.56 Å². The average molecular weight is 232 g/mol. The molecule has 0 fully saturated rings. The van der Waals surface area contributed by atoms with Crippen molar-refractivity contribution in [3.8, 4) is 0 Å². The van der Waals surface area contributed by atoms with Crippen LogP contribution in [-0.4, -0.2) is 20.8 Å². The van der Waals surface area contributed by atoms with Gasteiger partial charge in [0.2, 0.25) is 0 Å². The second kappa shape index (κ2) is 5.10. The summed E-state index contributed by atoms with van der Waals surface area (Å²) in [5, 5.41) is 9.81. The minimum absolute atomic E-state index is 0.168. The van der Waals surface area contributed by atoms with E-state index in [1.54, 1.807) is 4.57 Å². The molecule has 90 valence electrons. The second-order valence-corrected chi connectivity index (χ2v) is 4.14. The Morgan fingerprint density at radius 2 is 2.18 bits per heavy atom. The van der Waals surface area contributed by atoms with E-state index in [1.807, 2.05) is 31.2 Å². The third kappa shape index (κ3) is 2.53. The number of aliphatic hydroxyl groups excluding tert-OH is 1. The zero-order chi connectivity index (χ0) is 12.3. The van der Waals surface area contributed by atoms with E-state index in [1.165, 1.54) is 6.20 Å². The van der Waals surface area contributed by atoms with Gasteiger partial charge in [-0.2, -0.15) is 0 Å². The van der Waals surface area contributed by atoms with Gasteiger partial charge in [0.15, 0.2) is 0 Å². The number of para-hydroxylation sites is 2. The van der Waals surface area contributed by atoms with Crippen molar-refractivity contribution in [1.29, 1.82) is 0 Å². The van der Waals surface area contributed by atoms with E-state index >= 15 is 0 Å². The van der Waals surface area contributed by atoms with Crippen molar-refractivity contribution in [2.75, 3.05) is 0 Å². The minimum atomic E-state index is -0.483. The Morgan fingerprint density at radius 1 is 1.41 bits per heavy atom. The highest BCUT2D eigenvalue weighted by Crippen LogP contribution is 2.09. The molecule has 1 heterocycles. The molecule has 1 aromatic carbocycles. The number of aliphatic hydroxyl groups is 1. The van der Waals surface area contributed by atoms with E-state index in [-0.39, 0.29) is 5.56 Å². The van der Waals surface area contributed by atoms with Gasteiger partial charge in [-0.25, -0.2) is 4.98 Å². The number of rotatable bonds is 4. The molecule has 1 unspecified atom stereocenters. The Labute approximate surface area is 99.5 Å². The lowest BCUT2D eigenvalue weighted by Gasteiger charge is -2.13. The molecule has 0 spiro atoms. The summed E-state index contributed by atoms with van der Waals surface area (Å²) in [6.07, 6.45) is 2.42. The van der Waals surface area contributed by atoms with Crippen molar-refractivity contribution in [2.45, 2.75) is 32.4 Å². The molecule has 0 aliphatic rings. The fourth-order valence-electron chi connectivity index (χ4n) is 1.94. The number of aromatic nitrogens is 2. The Morgan fingerprint density at radius 3 is 2.94 bits per heavy atom. The monoisotopic (exact) mass is 232 g/mol. The summed E-state index contributed by atoms with van der Waals surface area (Å²) in [5.74, 6) is 0. The normalized spacial score (nSPS) is 12.8. The van der Waals surface area contributed by atoms with Crippen molar-refractivity contribution in [1.82, 2.24) is 9.55 Å². The van der Waals surface area contributed by atoms with Gasteiger partial charge in [0.1, 0.15) is 0 Å². The predicted octanol–water partition coefficient (Wildman–Crippen LogP) is 1.56. The largest absolute Gasteiger partial charge is 0.391 e. The van der Waals surface area contributed by atoms with Crippen LogP contribution in [0.2, 0.25) is 0 Å². The molecular weight excluding hydrogens is 216 g/mol. The molecule has 0 aliphatic heterocycles. The molecule has 0 aliphatic carbocycles. The van der Waals surface area contributed by atoms with Gasteiger partial charge in [-0.1, -0.05) is 25.5 Å². The van der Waals surface area contributed by atoms with Crippen LogP contribution >= 0.6 is 0 Å². The Bertz CT molecular complexity index is 563. The zero-order valence-electron chi connectivity index (χ0n) is 9.84. The molecule has 0 saturated heterocycles. The van der Waals surface area contributed by atoms with Crippen molar-refractivity contribution in [2.24, 2.45) is 0 Å². The van der Waals surface area contributed by atoms with Crippen LogP contribution in [0.5, 0.6) is 0 Å². The van der Waals surface area contributed by atoms with Gasteiger partial charge in [0.05, 0.1) is 29.9 Å². The quantitative estimate of drug-likeness (QED) is 0.870. The lowest BCUT2D eigenvalue weighted by molar-refractivity contribution is 0.143. The summed E-state index contributed by atoms with van der Waals surface area (Å²) in [6.45, 7) is 2.34. The smallest absolute Gasteiger partial charge is 0.269 e. The molecule has 1 N–H and O–H groups in total. The van der Waals surface area contributed by atoms with Gasteiger partial charge in [0, 0.05) is 0 Å². The SMILES string of the molecule is CCCC(O)Cn1c(=O)cnc2ccccc21. The molecule has 0 bridgehead atoms. The van der Waals surface area contributed by atoms with Gasteiger partial charge in [-0.05, 0) is 18.6 Å². The Kier molecular flexibility index (Phi) is 3.54. The van der Waals surface area contributed by atoms with E-state index in [0.29, 0.717) is 13.0 Å². The van der Waals surface area contributed by atoms with Crippen molar-refractivity contribution < 1.29 is 5.11 Å². The van der Waals surface area contributed by atoms with E-state index in [4.69, 9.17) is 0 Å². The first kappa shape index (κ1) is 11.8. The molecule has 0 saturated carbocycles. The highest BCUT2D eigenvalue weighted by Gasteiger charge is 2.08. The summed E-state index contributed by atoms with van der Waals surface area (Å²) in [4.78, 5) is 15.8. The Balaban J connectivity index is 2.44. The van der Waals surface area contributed by atoms with Crippen molar-refractivity contribution in [3.63, 3.8) is 0 Å². The predicted molar refractivity (Wildman–Crippen MR) is 66.9 cm³/mol. The maximum Gasteiger partial charge on any atom is 0.269 e.